The Morgan fingerprint density at radius 2 is 1.64 bits per heavy atom. The van der Waals surface area contributed by atoms with Gasteiger partial charge in [0.15, 0.2) is 0 Å². The zero-order valence-corrected chi connectivity index (χ0v) is 19.2. The highest BCUT2D eigenvalue weighted by atomic mass is 32.2. The summed E-state index contributed by atoms with van der Waals surface area (Å²) in [7, 11) is -3.94. The Kier molecular flexibility index (Phi) is 6.24. The van der Waals surface area contributed by atoms with E-state index in [0.29, 0.717) is 18.4 Å². The molecule has 1 saturated carbocycles. The van der Waals surface area contributed by atoms with Crippen molar-refractivity contribution in [2.24, 2.45) is 0 Å². The maximum atomic E-state index is 13.6. The van der Waals surface area contributed by atoms with Crippen molar-refractivity contribution < 1.29 is 22.5 Å². The minimum absolute atomic E-state index is 0.0461. The number of rotatable bonds is 5. The van der Waals surface area contributed by atoms with E-state index in [1.807, 2.05) is 0 Å². The number of carbonyl (C=O) groups is 1. The van der Waals surface area contributed by atoms with E-state index in [1.165, 1.54) is 28.6 Å². The van der Waals surface area contributed by atoms with Crippen LogP contribution in [-0.2, 0) is 20.2 Å². The summed E-state index contributed by atoms with van der Waals surface area (Å²) in [6.07, 6.45) is 3.18. The van der Waals surface area contributed by atoms with Crippen LogP contribution in [0.4, 0.5) is 10.1 Å². The largest absolute Gasteiger partial charge is 0.339 e. The average molecular weight is 476 g/mol. The maximum Gasteiger partial charge on any atom is 0.270 e. The van der Waals surface area contributed by atoms with E-state index >= 15 is 0 Å². The Morgan fingerprint density at radius 3 is 2.21 bits per heavy atom. The Hall–Kier alpha value is -2.85. The third-order valence-corrected chi connectivity index (χ3v) is 8.83. The fourth-order valence-corrected chi connectivity index (χ4v) is 6.59. The van der Waals surface area contributed by atoms with Crippen LogP contribution in [0.15, 0.2) is 47.4 Å². The maximum absolute atomic E-state index is 13.6. The number of benzene rings is 2. The number of sulfonamides is 1. The second-order valence-corrected chi connectivity index (χ2v) is 10.6. The third kappa shape index (κ3) is 4.24. The SMILES string of the molecule is Cc1ccc([N+](=O)[O-])cc1S(=O)(=O)N1CCN(C(=O)C2(c3ccc(F)cc3)CCCC2)CC1. The van der Waals surface area contributed by atoms with E-state index in [9.17, 15) is 27.7 Å². The van der Waals surface area contributed by atoms with Gasteiger partial charge in [0.05, 0.1) is 15.2 Å². The molecule has 33 heavy (non-hydrogen) atoms. The van der Waals surface area contributed by atoms with Gasteiger partial charge in [-0.2, -0.15) is 4.31 Å². The second-order valence-electron chi connectivity index (χ2n) is 8.70. The third-order valence-electron chi connectivity index (χ3n) is 6.79. The molecule has 2 aliphatic rings. The van der Waals surface area contributed by atoms with Crippen LogP contribution in [-0.4, -0.2) is 54.6 Å². The summed E-state index contributed by atoms with van der Waals surface area (Å²) >= 11 is 0. The van der Waals surface area contributed by atoms with E-state index in [1.54, 1.807) is 24.0 Å². The molecular weight excluding hydrogens is 449 g/mol. The number of aryl methyl sites for hydroxylation is 1. The van der Waals surface area contributed by atoms with Crippen molar-refractivity contribution in [2.45, 2.75) is 42.9 Å². The van der Waals surface area contributed by atoms with Crippen molar-refractivity contribution >= 4 is 21.6 Å². The number of nitrogens with zero attached hydrogens (tertiary/aromatic N) is 3. The van der Waals surface area contributed by atoms with Gasteiger partial charge in [0, 0.05) is 38.3 Å². The van der Waals surface area contributed by atoms with Crippen molar-refractivity contribution in [3.05, 3.63) is 69.5 Å². The smallest absolute Gasteiger partial charge is 0.270 e. The molecule has 1 aliphatic heterocycles. The zero-order chi connectivity index (χ0) is 23.8. The molecule has 1 aliphatic carbocycles. The number of nitro groups is 1. The van der Waals surface area contributed by atoms with Gasteiger partial charge in [0.2, 0.25) is 15.9 Å². The molecule has 0 bridgehead atoms. The molecule has 0 spiro atoms. The number of non-ortho nitro benzene ring substituents is 1. The van der Waals surface area contributed by atoms with Crippen molar-refractivity contribution in [1.29, 1.82) is 0 Å². The Balaban J connectivity index is 1.53. The van der Waals surface area contributed by atoms with Crippen LogP contribution < -0.4 is 0 Å². The fourth-order valence-electron chi connectivity index (χ4n) is 4.93. The van der Waals surface area contributed by atoms with Crippen molar-refractivity contribution in [3.63, 3.8) is 0 Å². The van der Waals surface area contributed by atoms with Gasteiger partial charge in [-0.15, -0.1) is 0 Å². The number of carbonyl (C=O) groups excluding carboxylic acids is 1. The van der Waals surface area contributed by atoms with Gasteiger partial charge in [-0.1, -0.05) is 31.0 Å². The number of amides is 1. The molecule has 2 aromatic carbocycles. The van der Waals surface area contributed by atoms with Crippen molar-refractivity contribution in [2.75, 3.05) is 26.2 Å². The van der Waals surface area contributed by atoms with Crippen LogP contribution >= 0.6 is 0 Å². The van der Waals surface area contributed by atoms with Gasteiger partial charge in [-0.05, 0) is 43.0 Å². The lowest BCUT2D eigenvalue weighted by atomic mass is 9.77. The summed E-state index contributed by atoms with van der Waals surface area (Å²) in [5.41, 5.74) is 0.246. The van der Waals surface area contributed by atoms with E-state index in [4.69, 9.17) is 0 Å². The van der Waals surface area contributed by atoms with Gasteiger partial charge < -0.3 is 4.90 Å². The Labute approximate surface area is 192 Å². The predicted octanol–water partition coefficient (Wildman–Crippen LogP) is 3.39. The Bertz CT molecular complexity index is 1170. The van der Waals surface area contributed by atoms with Crippen LogP contribution in [0.1, 0.15) is 36.8 Å². The van der Waals surface area contributed by atoms with Gasteiger partial charge in [0.25, 0.3) is 5.69 Å². The molecular formula is C23H26FN3O5S. The summed E-state index contributed by atoms with van der Waals surface area (Å²) in [5.74, 6) is -0.398. The highest BCUT2D eigenvalue weighted by Gasteiger charge is 2.46. The topological polar surface area (TPSA) is 101 Å². The standard InChI is InChI=1S/C23H26FN3O5S/c1-17-4-9-20(27(29)30)16-21(17)33(31,32)26-14-12-25(13-15-26)22(28)23(10-2-3-11-23)18-5-7-19(24)8-6-18/h4-9,16H,2-3,10-15H2,1H3. The first-order chi connectivity index (χ1) is 15.6. The van der Waals surface area contributed by atoms with Gasteiger partial charge in [-0.25, -0.2) is 12.8 Å². The van der Waals surface area contributed by atoms with Crippen molar-refractivity contribution in [3.8, 4) is 0 Å². The minimum Gasteiger partial charge on any atom is -0.339 e. The van der Waals surface area contributed by atoms with E-state index in [-0.39, 0.29) is 48.5 Å². The predicted molar refractivity (Wildman–Crippen MR) is 120 cm³/mol. The average Bonchev–Trinajstić information content (AvgIpc) is 3.30. The zero-order valence-electron chi connectivity index (χ0n) is 18.4. The van der Waals surface area contributed by atoms with Crippen LogP contribution in [0, 0.1) is 22.9 Å². The number of hydrogen-bond acceptors (Lipinski definition) is 5. The molecule has 0 unspecified atom stereocenters. The van der Waals surface area contributed by atoms with E-state index < -0.39 is 20.4 Å². The first kappa shape index (κ1) is 23.3. The van der Waals surface area contributed by atoms with Crippen LogP contribution in [0.25, 0.3) is 0 Å². The van der Waals surface area contributed by atoms with Crippen LogP contribution in [0.2, 0.25) is 0 Å². The monoisotopic (exact) mass is 475 g/mol. The summed E-state index contributed by atoms with van der Waals surface area (Å²) in [4.78, 5) is 25.7. The number of nitro benzene ring substituents is 1. The quantitative estimate of drug-likeness (QED) is 0.487. The molecule has 1 saturated heterocycles. The second kappa shape index (κ2) is 8.83. The van der Waals surface area contributed by atoms with E-state index in [0.717, 1.165) is 24.5 Å². The molecule has 0 N–H and O–H groups in total. The lowest BCUT2D eigenvalue weighted by Crippen LogP contribution is -2.55. The summed E-state index contributed by atoms with van der Waals surface area (Å²) in [6, 6.07) is 9.88. The summed E-state index contributed by atoms with van der Waals surface area (Å²) in [5, 5.41) is 11.1. The molecule has 2 fully saturated rings. The number of piperazine rings is 1. The molecule has 10 heteroatoms. The van der Waals surface area contributed by atoms with Gasteiger partial charge in [0.1, 0.15) is 5.82 Å². The van der Waals surface area contributed by atoms with Crippen LogP contribution in [0.5, 0.6) is 0 Å². The van der Waals surface area contributed by atoms with Crippen LogP contribution in [0.3, 0.4) is 0 Å². The molecule has 2 aromatic rings. The molecule has 1 amide bonds. The molecule has 8 nitrogen and oxygen atoms in total. The lowest BCUT2D eigenvalue weighted by molar-refractivity contribution is -0.385. The summed E-state index contributed by atoms with van der Waals surface area (Å²) < 4.78 is 41.1. The number of halogens is 1. The van der Waals surface area contributed by atoms with Crippen molar-refractivity contribution in [1.82, 2.24) is 9.21 Å². The number of hydrogen-bond donors (Lipinski definition) is 0. The highest BCUT2D eigenvalue weighted by molar-refractivity contribution is 7.89. The molecule has 0 aromatic heterocycles. The first-order valence-corrected chi connectivity index (χ1v) is 12.4. The first-order valence-electron chi connectivity index (χ1n) is 11.0. The fraction of sp³-hybridized carbons (Fsp3) is 0.435. The highest BCUT2D eigenvalue weighted by Crippen LogP contribution is 2.43. The lowest BCUT2D eigenvalue weighted by Gasteiger charge is -2.39. The van der Waals surface area contributed by atoms with Gasteiger partial charge >= 0.3 is 0 Å². The molecule has 176 valence electrons. The van der Waals surface area contributed by atoms with Gasteiger partial charge in [-0.3, -0.25) is 14.9 Å². The minimum atomic E-state index is -3.94. The Morgan fingerprint density at radius 1 is 1.03 bits per heavy atom. The molecule has 1 heterocycles. The molecule has 0 atom stereocenters. The normalized spacial score (nSPS) is 18.9. The summed E-state index contributed by atoms with van der Waals surface area (Å²) in [6.45, 7) is 2.28. The molecule has 0 radical (unpaired) electrons. The molecule has 4 rings (SSSR count). The van der Waals surface area contributed by atoms with E-state index in [2.05, 4.69) is 0 Å².